The number of nitrogens with zero attached hydrogens (tertiary/aromatic N) is 2. The van der Waals surface area contributed by atoms with Crippen LogP contribution in [0.4, 0.5) is 10.1 Å². The van der Waals surface area contributed by atoms with Gasteiger partial charge in [-0.1, -0.05) is 30.3 Å². The number of ether oxygens (including phenoxy) is 2. The molecule has 1 heterocycles. The summed E-state index contributed by atoms with van der Waals surface area (Å²) in [5.41, 5.74) is 7.75. The SMILES string of the molecule is COc1cc(COc2cc(C)c(-c3cccc(CCNc4ccc(CCC(=O)O)c(F)c4)c3)c(C)c2)n(C)n1. The van der Waals surface area contributed by atoms with Crippen LogP contribution < -0.4 is 14.8 Å². The van der Waals surface area contributed by atoms with E-state index >= 15 is 0 Å². The van der Waals surface area contributed by atoms with Crippen molar-refractivity contribution in [3.05, 3.63) is 94.4 Å². The zero-order chi connectivity index (χ0) is 27.9. The monoisotopic (exact) mass is 531 g/mol. The average molecular weight is 532 g/mol. The van der Waals surface area contributed by atoms with Crippen LogP contribution in [-0.4, -0.2) is 34.5 Å². The van der Waals surface area contributed by atoms with Gasteiger partial charge in [0.15, 0.2) is 0 Å². The second kappa shape index (κ2) is 12.5. The van der Waals surface area contributed by atoms with Crippen LogP contribution in [0, 0.1) is 19.7 Å². The smallest absolute Gasteiger partial charge is 0.303 e. The fourth-order valence-electron chi connectivity index (χ4n) is 4.67. The molecule has 0 fully saturated rings. The zero-order valence-corrected chi connectivity index (χ0v) is 22.8. The molecule has 3 aromatic carbocycles. The fourth-order valence-corrected chi connectivity index (χ4v) is 4.67. The lowest BCUT2D eigenvalue weighted by molar-refractivity contribution is -0.136. The third kappa shape index (κ3) is 7.16. The third-order valence-corrected chi connectivity index (χ3v) is 6.68. The number of hydrogen-bond donors (Lipinski definition) is 2. The molecule has 0 unspecified atom stereocenters. The van der Waals surface area contributed by atoms with Gasteiger partial charge in [0.1, 0.15) is 18.2 Å². The average Bonchev–Trinajstić information content (AvgIpc) is 3.26. The van der Waals surface area contributed by atoms with Crippen LogP contribution >= 0.6 is 0 Å². The number of hydrogen-bond acceptors (Lipinski definition) is 5. The van der Waals surface area contributed by atoms with Gasteiger partial charge in [-0.2, -0.15) is 0 Å². The lowest BCUT2D eigenvalue weighted by Crippen LogP contribution is -2.06. The summed E-state index contributed by atoms with van der Waals surface area (Å²) in [5.74, 6) is 0.0414. The summed E-state index contributed by atoms with van der Waals surface area (Å²) in [4.78, 5) is 10.7. The number of anilines is 1. The molecule has 4 aromatic rings. The van der Waals surface area contributed by atoms with Gasteiger partial charge in [-0.05, 0) is 84.3 Å². The highest BCUT2D eigenvalue weighted by Gasteiger charge is 2.12. The molecular weight excluding hydrogens is 497 g/mol. The molecule has 7 nitrogen and oxygen atoms in total. The Balaban J connectivity index is 1.39. The molecule has 0 spiro atoms. The molecule has 0 bridgehead atoms. The predicted molar refractivity (Wildman–Crippen MR) is 150 cm³/mol. The number of aromatic nitrogens is 2. The lowest BCUT2D eigenvalue weighted by Gasteiger charge is -2.15. The van der Waals surface area contributed by atoms with Gasteiger partial charge in [-0.15, -0.1) is 5.10 Å². The summed E-state index contributed by atoms with van der Waals surface area (Å²) in [5, 5.41) is 16.3. The van der Waals surface area contributed by atoms with Gasteiger partial charge in [0.2, 0.25) is 5.88 Å². The second-order valence-electron chi connectivity index (χ2n) is 9.60. The number of carboxylic acids is 1. The molecular formula is C31H34FN3O4. The minimum absolute atomic E-state index is 0.0876. The quantitative estimate of drug-likeness (QED) is 0.230. The van der Waals surface area contributed by atoms with Crippen molar-refractivity contribution in [2.24, 2.45) is 7.05 Å². The molecule has 4 rings (SSSR count). The number of aliphatic carboxylic acids is 1. The minimum atomic E-state index is -0.935. The second-order valence-corrected chi connectivity index (χ2v) is 9.60. The van der Waals surface area contributed by atoms with Gasteiger partial charge in [0, 0.05) is 31.8 Å². The van der Waals surface area contributed by atoms with Crippen molar-refractivity contribution in [3.63, 3.8) is 0 Å². The number of methoxy groups -OCH3 is 1. The van der Waals surface area contributed by atoms with Crippen molar-refractivity contribution in [3.8, 4) is 22.8 Å². The third-order valence-electron chi connectivity index (χ3n) is 6.68. The van der Waals surface area contributed by atoms with Crippen molar-refractivity contribution in [2.45, 2.75) is 39.7 Å². The normalized spacial score (nSPS) is 10.9. The highest BCUT2D eigenvalue weighted by Crippen LogP contribution is 2.32. The molecule has 204 valence electrons. The first-order chi connectivity index (χ1) is 18.7. The Bertz CT molecular complexity index is 1440. The minimum Gasteiger partial charge on any atom is -0.487 e. The van der Waals surface area contributed by atoms with Crippen LogP contribution in [0.15, 0.2) is 60.7 Å². The summed E-state index contributed by atoms with van der Waals surface area (Å²) < 4.78 is 27.3. The highest BCUT2D eigenvalue weighted by molar-refractivity contribution is 5.72. The van der Waals surface area contributed by atoms with Crippen molar-refractivity contribution < 1.29 is 23.8 Å². The van der Waals surface area contributed by atoms with Crippen molar-refractivity contribution in [1.29, 1.82) is 0 Å². The standard InChI is InChI=1S/C31H34FN3O4/c1-20-14-27(39-19-26-18-29(38-4)34-35(26)3)15-21(2)31(20)24-7-5-6-22(16-24)12-13-33-25-10-8-23(28(32)17-25)9-11-30(36)37/h5-8,10,14-18,33H,9,11-13,19H2,1-4H3,(H,36,37). The Hall–Kier alpha value is -4.33. The topological polar surface area (TPSA) is 85.6 Å². The molecule has 0 atom stereocenters. The maximum Gasteiger partial charge on any atom is 0.303 e. The van der Waals surface area contributed by atoms with Gasteiger partial charge in [0.25, 0.3) is 0 Å². The van der Waals surface area contributed by atoms with Crippen LogP contribution in [0.25, 0.3) is 11.1 Å². The Morgan fingerprint density at radius 1 is 1.05 bits per heavy atom. The van der Waals surface area contributed by atoms with Crippen molar-refractivity contribution >= 4 is 11.7 Å². The first-order valence-corrected chi connectivity index (χ1v) is 12.9. The summed E-state index contributed by atoms with van der Waals surface area (Å²) in [6.45, 7) is 5.21. The van der Waals surface area contributed by atoms with Gasteiger partial charge in [0.05, 0.1) is 12.8 Å². The van der Waals surface area contributed by atoms with Crippen LogP contribution in [0.1, 0.15) is 34.4 Å². The molecule has 0 amide bonds. The van der Waals surface area contributed by atoms with Gasteiger partial charge < -0.3 is 19.9 Å². The molecule has 39 heavy (non-hydrogen) atoms. The van der Waals surface area contributed by atoms with Gasteiger partial charge >= 0.3 is 5.97 Å². The van der Waals surface area contributed by atoms with Crippen LogP contribution in [0.3, 0.4) is 0 Å². The van der Waals surface area contributed by atoms with E-state index in [-0.39, 0.29) is 18.7 Å². The summed E-state index contributed by atoms with van der Waals surface area (Å²) in [6.07, 6.45) is 0.860. The molecule has 1 aromatic heterocycles. The Kier molecular flexibility index (Phi) is 8.86. The number of nitrogens with one attached hydrogen (secondary N) is 1. The Morgan fingerprint density at radius 2 is 1.82 bits per heavy atom. The lowest BCUT2D eigenvalue weighted by atomic mass is 9.94. The van der Waals surface area contributed by atoms with E-state index in [1.54, 1.807) is 23.9 Å². The number of carbonyl (C=O) groups is 1. The number of rotatable bonds is 12. The molecule has 0 radical (unpaired) electrons. The van der Waals surface area contributed by atoms with E-state index in [0.717, 1.165) is 34.6 Å². The fraction of sp³-hybridized carbons (Fsp3) is 0.290. The number of carboxylic acid groups (broad SMARTS) is 1. The molecule has 0 aliphatic carbocycles. The molecule has 8 heteroatoms. The molecule has 0 aliphatic heterocycles. The highest BCUT2D eigenvalue weighted by atomic mass is 19.1. The molecule has 2 N–H and O–H groups in total. The summed E-state index contributed by atoms with van der Waals surface area (Å²) in [7, 11) is 3.46. The zero-order valence-electron chi connectivity index (χ0n) is 22.8. The van der Waals surface area contributed by atoms with Crippen LogP contribution in [-0.2, 0) is 31.3 Å². The van der Waals surface area contributed by atoms with E-state index in [4.69, 9.17) is 14.6 Å². The first-order valence-electron chi connectivity index (χ1n) is 12.9. The Labute approximate surface area is 228 Å². The van der Waals surface area contributed by atoms with Gasteiger partial charge in [-0.3, -0.25) is 9.48 Å². The van der Waals surface area contributed by atoms with Crippen LogP contribution in [0.2, 0.25) is 0 Å². The number of halogens is 1. The Morgan fingerprint density at radius 3 is 2.49 bits per heavy atom. The van der Waals surface area contributed by atoms with E-state index < -0.39 is 5.97 Å². The van der Waals surface area contributed by atoms with E-state index in [0.29, 0.717) is 30.3 Å². The van der Waals surface area contributed by atoms with E-state index in [1.165, 1.54) is 17.2 Å². The maximum absolute atomic E-state index is 14.3. The van der Waals surface area contributed by atoms with Gasteiger partial charge in [-0.25, -0.2) is 4.39 Å². The van der Waals surface area contributed by atoms with Crippen molar-refractivity contribution in [1.82, 2.24) is 9.78 Å². The van der Waals surface area contributed by atoms with E-state index in [1.807, 2.05) is 13.1 Å². The summed E-state index contributed by atoms with van der Waals surface area (Å²) in [6, 6.07) is 19.3. The number of benzene rings is 3. The summed E-state index contributed by atoms with van der Waals surface area (Å²) >= 11 is 0. The number of aryl methyl sites for hydroxylation is 4. The largest absolute Gasteiger partial charge is 0.487 e. The molecule has 0 aliphatic rings. The van der Waals surface area contributed by atoms with E-state index in [2.05, 4.69) is 60.7 Å². The molecule has 0 saturated carbocycles. The molecule has 0 saturated heterocycles. The van der Waals surface area contributed by atoms with Crippen molar-refractivity contribution in [2.75, 3.05) is 19.0 Å². The first kappa shape index (κ1) is 27.7. The van der Waals surface area contributed by atoms with E-state index in [9.17, 15) is 9.18 Å². The predicted octanol–water partition coefficient (Wildman–Crippen LogP) is 6.10. The van der Waals surface area contributed by atoms with Crippen LogP contribution in [0.5, 0.6) is 11.6 Å². The maximum atomic E-state index is 14.3.